The number of carbonyl (C=O) groups excluding carboxylic acids is 5. The van der Waals surface area contributed by atoms with Crippen molar-refractivity contribution in [2.45, 2.75) is 16.6 Å². The normalized spacial score (nSPS) is 14.8. The summed E-state index contributed by atoms with van der Waals surface area (Å²) in [6, 6.07) is 26.7. The summed E-state index contributed by atoms with van der Waals surface area (Å²) in [5.41, 5.74) is 6.54. The predicted octanol–water partition coefficient (Wildman–Crippen LogP) is 4.76. The molecule has 11 heteroatoms. The lowest BCUT2D eigenvalue weighted by molar-refractivity contribution is -0.121. The number of amides is 5. The second kappa shape index (κ2) is 13.2. The zero-order valence-corrected chi connectivity index (χ0v) is 23.8. The largest absolute Gasteiger partial charge is 0.366 e. The van der Waals surface area contributed by atoms with Crippen molar-refractivity contribution in [1.29, 1.82) is 0 Å². The van der Waals surface area contributed by atoms with E-state index in [2.05, 4.69) is 10.6 Å². The van der Waals surface area contributed by atoms with Gasteiger partial charge in [-0.3, -0.25) is 24.0 Å². The van der Waals surface area contributed by atoms with Crippen molar-refractivity contribution in [3.05, 3.63) is 131 Å². The highest BCUT2D eigenvalue weighted by Gasteiger charge is 2.40. The first-order valence-corrected chi connectivity index (χ1v) is 14.2. The third kappa shape index (κ3) is 6.90. The molecule has 1 saturated heterocycles. The molecule has 1 aliphatic rings. The minimum Gasteiger partial charge on any atom is -0.366 e. The van der Waals surface area contributed by atoms with Gasteiger partial charge in [0.1, 0.15) is 11.5 Å². The van der Waals surface area contributed by atoms with Gasteiger partial charge in [-0.15, -0.1) is 11.8 Å². The Morgan fingerprint density at radius 2 is 1.50 bits per heavy atom. The number of hydrogen-bond acceptors (Lipinski definition) is 6. The van der Waals surface area contributed by atoms with Crippen LogP contribution in [0.25, 0.3) is 6.08 Å². The molecule has 9 nitrogen and oxygen atoms in total. The molecule has 0 aromatic heterocycles. The van der Waals surface area contributed by atoms with Gasteiger partial charge in [-0.1, -0.05) is 36.4 Å². The molecule has 5 rings (SSSR count). The third-order valence-corrected chi connectivity index (χ3v) is 7.84. The lowest BCUT2D eigenvalue weighted by Gasteiger charge is -2.15. The van der Waals surface area contributed by atoms with Crippen LogP contribution < -0.4 is 21.3 Å². The summed E-state index contributed by atoms with van der Waals surface area (Å²) in [6.07, 6.45) is 1.25. The summed E-state index contributed by atoms with van der Waals surface area (Å²) < 4.78 is 14.4. The average molecular weight is 609 g/mol. The maximum atomic E-state index is 14.4. The van der Waals surface area contributed by atoms with Crippen LogP contribution in [0, 0.1) is 5.82 Å². The van der Waals surface area contributed by atoms with Gasteiger partial charge in [0.25, 0.3) is 11.8 Å². The number of rotatable bonds is 9. The van der Waals surface area contributed by atoms with Crippen LogP contribution >= 0.6 is 11.8 Å². The Morgan fingerprint density at radius 1 is 0.841 bits per heavy atom. The molecule has 0 bridgehead atoms. The smallest absolute Gasteiger partial charge is 0.272 e. The molecule has 44 heavy (non-hydrogen) atoms. The number of benzene rings is 4. The monoisotopic (exact) mass is 608 g/mol. The maximum Gasteiger partial charge on any atom is 0.272 e. The summed E-state index contributed by atoms with van der Waals surface area (Å²) in [5.74, 6) is -3.14. The van der Waals surface area contributed by atoms with Gasteiger partial charge in [-0.2, -0.15) is 0 Å². The Morgan fingerprint density at radius 3 is 2.16 bits per heavy atom. The van der Waals surface area contributed by atoms with Gasteiger partial charge in [0, 0.05) is 33.7 Å². The molecular formula is C33H25FN4O5S. The molecule has 0 saturated carbocycles. The van der Waals surface area contributed by atoms with Crippen molar-refractivity contribution in [2.24, 2.45) is 5.73 Å². The van der Waals surface area contributed by atoms with Crippen LogP contribution in [-0.2, 0) is 14.4 Å². The van der Waals surface area contributed by atoms with E-state index in [-0.39, 0.29) is 35.1 Å². The minimum atomic E-state index is -0.674. The first-order chi connectivity index (χ1) is 21.2. The molecule has 1 heterocycles. The third-order valence-electron chi connectivity index (χ3n) is 6.64. The number of carbonyl (C=O) groups is 5. The van der Waals surface area contributed by atoms with Crippen molar-refractivity contribution in [1.82, 2.24) is 5.32 Å². The van der Waals surface area contributed by atoms with Crippen LogP contribution in [0.2, 0.25) is 0 Å². The number of nitrogens with zero attached hydrogens (tertiary/aromatic N) is 1. The van der Waals surface area contributed by atoms with E-state index in [1.165, 1.54) is 60.3 Å². The highest BCUT2D eigenvalue weighted by Crippen LogP contribution is 2.34. The van der Waals surface area contributed by atoms with E-state index < -0.39 is 28.8 Å². The van der Waals surface area contributed by atoms with Crippen molar-refractivity contribution >= 4 is 58.7 Å². The molecule has 4 aromatic carbocycles. The fourth-order valence-electron chi connectivity index (χ4n) is 4.41. The molecule has 0 aliphatic carbocycles. The van der Waals surface area contributed by atoms with Gasteiger partial charge in [-0.25, -0.2) is 9.29 Å². The summed E-state index contributed by atoms with van der Waals surface area (Å²) in [4.78, 5) is 64.8. The maximum absolute atomic E-state index is 14.4. The molecule has 220 valence electrons. The number of nitrogens with one attached hydrogen (secondary N) is 2. The molecule has 4 N–H and O–H groups in total. The summed E-state index contributed by atoms with van der Waals surface area (Å²) in [7, 11) is 0. The predicted molar refractivity (Wildman–Crippen MR) is 165 cm³/mol. The summed E-state index contributed by atoms with van der Waals surface area (Å²) in [6.45, 7) is 0. The Kier molecular flexibility index (Phi) is 8.96. The van der Waals surface area contributed by atoms with Gasteiger partial charge in [0.15, 0.2) is 0 Å². The van der Waals surface area contributed by atoms with Crippen molar-refractivity contribution in [3.63, 3.8) is 0 Å². The number of primary amides is 1. The van der Waals surface area contributed by atoms with E-state index in [0.29, 0.717) is 21.8 Å². The van der Waals surface area contributed by atoms with Gasteiger partial charge in [-0.05, 0) is 72.8 Å². The SMILES string of the molecule is NC(=O)c1ccc(N2C(=O)CC(Sc3ccc(NC(=O)/C(=C/c4ccccc4F)NC(=O)c4ccccc4)cc3)C2=O)cc1. The molecule has 0 radical (unpaired) electrons. The molecule has 0 spiro atoms. The number of anilines is 2. The van der Waals surface area contributed by atoms with Crippen molar-refractivity contribution in [3.8, 4) is 0 Å². The Labute approximate surface area is 255 Å². The van der Waals surface area contributed by atoms with Crippen LogP contribution in [0.5, 0.6) is 0 Å². The number of imide groups is 1. The summed E-state index contributed by atoms with van der Waals surface area (Å²) >= 11 is 1.20. The van der Waals surface area contributed by atoms with Gasteiger partial charge < -0.3 is 16.4 Å². The van der Waals surface area contributed by atoms with E-state index in [9.17, 15) is 28.4 Å². The highest BCUT2D eigenvalue weighted by molar-refractivity contribution is 8.00. The van der Waals surface area contributed by atoms with Crippen LogP contribution in [0.15, 0.2) is 114 Å². The lowest BCUT2D eigenvalue weighted by Crippen LogP contribution is -2.31. The topological polar surface area (TPSA) is 139 Å². The second-order valence-electron chi connectivity index (χ2n) is 9.67. The summed E-state index contributed by atoms with van der Waals surface area (Å²) in [5, 5.41) is 4.60. The quantitative estimate of drug-likeness (QED) is 0.185. The van der Waals surface area contributed by atoms with E-state index in [1.807, 2.05) is 0 Å². The molecule has 1 atom stereocenters. The molecule has 1 unspecified atom stereocenters. The molecule has 5 amide bonds. The Balaban J connectivity index is 1.27. The molecule has 4 aromatic rings. The highest BCUT2D eigenvalue weighted by atomic mass is 32.2. The van der Waals surface area contributed by atoms with Crippen LogP contribution in [0.1, 0.15) is 32.7 Å². The van der Waals surface area contributed by atoms with Crippen molar-refractivity contribution < 1.29 is 28.4 Å². The molecule has 1 fully saturated rings. The first-order valence-electron chi connectivity index (χ1n) is 13.4. The Bertz CT molecular complexity index is 1780. The van der Waals surface area contributed by atoms with Crippen molar-refractivity contribution in [2.75, 3.05) is 10.2 Å². The molecule has 1 aliphatic heterocycles. The van der Waals surface area contributed by atoms with E-state index in [0.717, 1.165) is 4.90 Å². The zero-order chi connectivity index (χ0) is 31.2. The lowest BCUT2D eigenvalue weighted by atomic mass is 10.1. The first kappa shape index (κ1) is 29.9. The van der Waals surface area contributed by atoms with Gasteiger partial charge >= 0.3 is 0 Å². The standard InChI is InChI=1S/C33H25FN4O5S/c34-26-9-5-4-8-22(26)18-27(37-31(41)21-6-2-1-3-7-21)32(42)36-23-12-16-25(17-13-23)44-28-19-29(39)38(33(28)43)24-14-10-20(11-15-24)30(35)40/h1-18,28H,19H2,(H2,35,40)(H,36,42)(H,37,41)/b27-18-. The number of thioether (sulfide) groups is 1. The number of halogens is 1. The van der Waals surface area contributed by atoms with Crippen LogP contribution in [0.4, 0.5) is 15.8 Å². The zero-order valence-electron chi connectivity index (χ0n) is 23.0. The average Bonchev–Trinajstić information content (AvgIpc) is 3.30. The van der Waals surface area contributed by atoms with E-state index >= 15 is 0 Å². The van der Waals surface area contributed by atoms with Crippen LogP contribution in [-0.4, -0.2) is 34.8 Å². The fraction of sp³-hybridized carbons (Fsp3) is 0.0606. The Hall–Kier alpha value is -5.55. The van der Waals surface area contributed by atoms with Crippen LogP contribution in [0.3, 0.4) is 0 Å². The second-order valence-corrected chi connectivity index (χ2v) is 10.9. The fourth-order valence-corrected chi connectivity index (χ4v) is 5.47. The van der Waals surface area contributed by atoms with Gasteiger partial charge in [0.05, 0.1) is 10.9 Å². The van der Waals surface area contributed by atoms with E-state index in [1.54, 1.807) is 60.7 Å². The minimum absolute atomic E-state index is 0.00906. The number of hydrogen-bond donors (Lipinski definition) is 3. The molecular weight excluding hydrogens is 583 g/mol. The number of nitrogens with two attached hydrogens (primary N) is 1. The van der Waals surface area contributed by atoms with Gasteiger partial charge in [0.2, 0.25) is 17.7 Å². The van der Waals surface area contributed by atoms with E-state index in [4.69, 9.17) is 5.73 Å².